The summed E-state index contributed by atoms with van der Waals surface area (Å²) in [5.41, 5.74) is 2.05. The van der Waals surface area contributed by atoms with Crippen LogP contribution in [0, 0.1) is 11.6 Å². The third-order valence-corrected chi connectivity index (χ3v) is 4.14. The summed E-state index contributed by atoms with van der Waals surface area (Å²) in [4.78, 5) is 8.59. The Morgan fingerprint density at radius 1 is 1.11 bits per heavy atom. The van der Waals surface area contributed by atoms with Gasteiger partial charge in [-0.05, 0) is 42.5 Å². The Labute approximate surface area is 158 Å². The van der Waals surface area contributed by atoms with Crippen molar-refractivity contribution in [1.82, 2.24) is 4.98 Å². The van der Waals surface area contributed by atoms with Gasteiger partial charge in [0.1, 0.15) is 17.2 Å². The number of benzene rings is 3. The Morgan fingerprint density at radius 2 is 1.96 bits per heavy atom. The van der Waals surface area contributed by atoms with E-state index >= 15 is 0 Å². The maximum atomic E-state index is 14.0. The van der Waals surface area contributed by atoms with Crippen LogP contribution in [0.1, 0.15) is 5.56 Å². The Hall–Kier alpha value is -3.74. The molecule has 0 atom stereocenters. The van der Waals surface area contributed by atoms with Crippen molar-refractivity contribution in [1.29, 1.82) is 0 Å². The van der Waals surface area contributed by atoms with Gasteiger partial charge in [0.25, 0.3) is 0 Å². The molecule has 0 radical (unpaired) electrons. The Morgan fingerprint density at radius 3 is 2.75 bits per heavy atom. The van der Waals surface area contributed by atoms with Crippen LogP contribution in [0.25, 0.3) is 22.6 Å². The first-order valence-corrected chi connectivity index (χ1v) is 8.31. The van der Waals surface area contributed by atoms with Gasteiger partial charge in [-0.1, -0.05) is 6.07 Å². The second-order valence-electron chi connectivity index (χ2n) is 5.95. The smallest absolute Gasteiger partial charge is 0.230 e. The van der Waals surface area contributed by atoms with Gasteiger partial charge in [0.05, 0.1) is 18.4 Å². The first-order valence-electron chi connectivity index (χ1n) is 8.31. The monoisotopic (exact) mass is 380 g/mol. The molecule has 140 valence electrons. The minimum absolute atomic E-state index is 0.00895. The number of aromatic hydroxyl groups is 1. The number of aromatic nitrogens is 1. The highest BCUT2D eigenvalue weighted by atomic mass is 19.1. The molecule has 0 bridgehead atoms. The number of hydrogen-bond donors (Lipinski definition) is 1. The highest BCUT2D eigenvalue weighted by molar-refractivity contribution is 5.88. The average Bonchev–Trinajstić information content (AvgIpc) is 3.10. The van der Waals surface area contributed by atoms with E-state index in [2.05, 4.69) is 9.98 Å². The summed E-state index contributed by atoms with van der Waals surface area (Å²) >= 11 is 0. The molecule has 3 aromatic carbocycles. The number of aliphatic imine (C=N–C) groups is 1. The van der Waals surface area contributed by atoms with Crippen LogP contribution in [0.5, 0.6) is 11.5 Å². The van der Waals surface area contributed by atoms with Crippen LogP contribution < -0.4 is 4.74 Å². The van der Waals surface area contributed by atoms with E-state index in [1.807, 2.05) is 0 Å². The van der Waals surface area contributed by atoms with Crippen LogP contribution in [-0.4, -0.2) is 23.4 Å². The van der Waals surface area contributed by atoms with Crippen molar-refractivity contribution in [2.75, 3.05) is 7.11 Å². The SMILES string of the molecule is COc1cccc(C=Nc2ccc3oc(-c4ccc(F)cc4F)nc3c2)c1O. The van der Waals surface area contributed by atoms with Gasteiger partial charge in [0, 0.05) is 17.8 Å². The van der Waals surface area contributed by atoms with Gasteiger partial charge in [-0.25, -0.2) is 13.8 Å². The fraction of sp³-hybridized carbons (Fsp3) is 0.0476. The van der Waals surface area contributed by atoms with Crippen molar-refractivity contribution in [2.45, 2.75) is 0 Å². The normalized spacial score (nSPS) is 11.4. The van der Waals surface area contributed by atoms with Gasteiger partial charge >= 0.3 is 0 Å². The third kappa shape index (κ3) is 3.29. The molecule has 7 heteroatoms. The van der Waals surface area contributed by atoms with E-state index in [9.17, 15) is 13.9 Å². The predicted octanol–water partition coefficient (Wildman–Crippen LogP) is 5.24. The molecule has 4 rings (SSSR count). The molecule has 1 heterocycles. The molecule has 4 aromatic rings. The Kier molecular flexibility index (Phi) is 4.49. The van der Waals surface area contributed by atoms with E-state index in [0.29, 0.717) is 28.1 Å². The number of oxazole rings is 1. The number of phenols is 1. The number of para-hydroxylation sites is 1. The number of phenolic OH excluding ortho intramolecular Hbond substituents is 1. The van der Waals surface area contributed by atoms with Gasteiger partial charge in [-0.2, -0.15) is 0 Å². The number of methoxy groups -OCH3 is 1. The molecular weight excluding hydrogens is 366 g/mol. The van der Waals surface area contributed by atoms with Crippen LogP contribution in [0.15, 0.2) is 64.0 Å². The predicted molar refractivity (Wildman–Crippen MR) is 101 cm³/mol. The highest BCUT2D eigenvalue weighted by Gasteiger charge is 2.13. The van der Waals surface area contributed by atoms with Crippen LogP contribution in [0.4, 0.5) is 14.5 Å². The number of halogens is 2. The number of hydrogen-bond acceptors (Lipinski definition) is 5. The van der Waals surface area contributed by atoms with Gasteiger partial charge < -0.3 is 14.3 Å². The number of fused-ring (bicyclic) bond motifs is 1. The van der Waals surface area contributed by atoms with Crippen molar-refractivity contribution < 1.29 is 23.0 Å². The Bertz CT molecular complexity index is 1200. The quantitative estimate of drug-likeness (QED) is 0.492. The summed E-state index contributed by atoms with van der Waals surface area (Å²) in [6, 6.07) is 13.3. The summed E-state index contributed by atoms with van der Waals surface area (Å²) in [7, 11) is 1.47. The van der Waals surface area contributed by atoms with Crippen LogP contribution in [0.2, 0.25) is 0 Å². The minimum atomic E-state index is -0.752. The highest BCUT2D eigenvalue weighted by Crippen LogP contribution is 2.30. The molecule has 0 amide bonds. The standard InChI is InChI=1S/C21H14F2N2O3/c1-27-19-4-2-3-12(20(19)26)11-24-14-6-8-18-17(10-14)25-21(28-18)15-7-5-13(22)9-16(15)23/h2-11,26H,1H3. The van der Waals surface area contributed by atoms with E-state index in [1.54, 1.807) is 36.4 Å². The molecule has 5 nitrogen and oxygen atoms in total. The van der Waals surface area contributed by atoms with Gasteiger partial charge in [0.2, 0.25) is 5.89 Å². The van der Waals surface area contributed by atoms with Crippen molar-refractivity contribution in [3.8, 4) is 23.0 Å². The molecule has 0 aliphatic carbocycles. The molecule has 0 saturated carbocycles. The zero-order valence-corrected chi connectivity index (χ0v) is 14.7. The zero-order valence-electron chi connectivity index (χ0n) is 14.7. The van der Waals surface area contributed by atoms with Crippen molar-refractivity contribution in [3.63, 3.8) is 0 Å². The first kappa shape index (κ1) is 17.7. The maximum Gasteiger partial charge on any atom is 0.230 e. The zero-order chi connectivity index (χ0) is 19.7. The fourth-order valence-corrected chi connectivity index (χ4v) is 2.73. The minimum Gasteiger partial charge on any atom is -0.504 e. The van der Waals surface area contributed by atoms with Gasteiger partial charge in [-0.3, -0.25) is 4.99 Å². The topological polar surface area (TPSA) is 67.9 Å². The maximum absolute atomic E-state index is 14.0. The fourth-order valence-electron chi connectivity index (χ4n) is 2.73. The molecule has 0 spiro atoms. The second-order valence-corrected chi connectivity index (χ2v) is 5.95. The summed E-state index contributed by atoms with van der Waals surface area (Å²) in [6.07, 6.45) is 1.50. The lowest BCUT2D eigenvalue weighted by Crippen LogP contribution is -1.88. The average molecular weight is 380 g/mol. The van der Waals surface area contributed by atoms with E-state index in [-0.39, 0.29) is 17.2 Å². The molecule has 0 fully saturated rings. The van der Waals surface area contributed by atoms with Crippen LogP contribution in [0.3, 0.4) is 0 Å². The van der Waals surface area contributed by atoms with Crippen molar-refractivity contribution >= 4 is 23.0 Å². The molecule has 0 aliphatic rings. The number of nitrogens with zero attached hydrogens (tertiary/aromatic N) is 2. The van der Waals surface area contributed by atoms with Gasteiger partial charge in [0.15, 0.2) is 17.1 Å². The summed E-state index contributed by atoms with van der Waals surface area (Å²) < 4.78 is 37.7. The third-order valence-electron chi connectivity index (χ3n) is 4.14. The molecule has 0 aliphatic heterocycles. The lowest BCUT2D eigenvalue weighted by atomic mass is 10.2. The second kappa shape index (κ2) is 7.11. The van der Waals surface area contributed by atoms with Crippen molar-refractivity contribution in [3.05, 3.63) is 71.8 Å². The molecule has 0 unspecified atom stereocenters. The lowest BCUT2D eigenvalue weighted by molar-refractivity contribution is 0.373. The first-order chi connectivity index (χ1) is 13.5. The van der Waals surface area contributed by atoms with E-state index in [0.717, 1.165) is 12.1 Å². The van der Waals surface area contributed by atoms with Crippen LogP contribution >= 0.6 is 0 Å². The lowest BCUT2D eigenvalue weighted by Gasteiger charge is -2.04. The largest absolute Gasteiger partial charge is 0.504 e. The molecule has 1 aromatic heterocycles. The van der Waals surface area contributed by atoms with E-state index in [4.69, 9.17) is 9.15 Å². The Balaban J connectivity index is 1.67. The van der Waals surface area contributed by atoms with E-state index < -0.39 is 11.6 Å². The molecule has 0 saturated heterocycles. The summed E-state index contributed by atoms with van der Waals surface area (Å²) in [6.45, 7) is 0. The number of ether oxygens (including phenoxy) is 1. The summed E-state index contributed by atoms with van der Waals surface area (Å²) in [5, 5.41) is 10.1. The van der Waals surface area contributed by atoms with Crippen molar-refractivity contribution in [2.24, 2.45) is 4.99 Å². The van der Waals surface area contributed by atoms with E-state index in [1.165, 1.54) is 19.4 Å². The van der Waals surface area contributed by atoms with Crippen LogP contribution in [-0.2, 0) is 0 Å². The molecule has 28 heavy (non-hydrogen) atoms. The van der Waals surface area contributed by atoms with Gasteiger partial charge in [-0.15, -0.1) is 0 Å². The molecule has 1 N–H and O–H groups in total. The molecular formula is C21H14F2N2O3. The summed E-state index contributed by atoms with van der Waals surface area (Å²) in [5.74, 6) is -1.03. The number of rotatable bonds is 4.